The van der Waals surface area contributed by atoms with Crippen molar-refractivity contribution in [3.05, 3.63) is 0 Å². The lowest BCUT2D eigenvalue weighted by Gasteiger charge is -2.37. The van der Waals surface area contributed by atoms with E-state index >= 15 is 0 Å². The van der Waals surface area contributed by atoms with E-state index in [4.69, 9.17) is 9.47 Å². The van der Waals surface area contributed by atoms with Crippen LogP contribution in [0.1, 0.15) is 47.0 Å². The molecule has 0 aromatic carbocycles. The molecule has 0 bridgehead atoms. The summed E-state index contributed by atoms with van der Waals surface area (Å²) in [6.07, 6.45) is 1.21. The van der Waals surface area contributed by atoms with Crippen LogP contribution in [0.4, 0.5) is 0 Å². The van der Waals surface area contributed by atoms with Gasteiger partial charge in [0.1, 0.15) is 0 Å². The first kappa shape index (κ1) is 14.9. The minimum Gasteiger partial charge on any atom is -0.393 e. The summed E-state index contributed by atoms with van der Waals surface area (Å²) >= 11 is 0. The Bertz CT molecular complexity index is 232. The fourth-order valence-electron chi connectivity index (χ4n) is 2.84. The standard InChI is InChI=1S/C13H26O4/c1-5-13(16-6-7-17-13)10(2)8-12(4,15)9-11(3)14/h10-11,14-15H,5-9H2,1-4H3/t10?,11-,12-/m1/s1. The van der Waals surface area contributed by atoms with Crippen LogP contribution >= 0.6 is 0 Å². The van der Waals surface area contributed by atoms with Gasteiger partial charge in [-0.2, -0.15) is 0 Å². The van der Waals surface area contributed by atoms with Crippen LogP contribution in [0.15, 0.2) is 0 Å². The van der Waals surface area contributed by atoms with Crippen molar-refractivity contribution in [3.63, 3.8) is 0 Å². The van der Waals surface area contributed by atoms with E-state index < -0.39 is 17.5 Å². The summed E-state index contributed by atoms with van der Waals surface area (Å²) in [7, 11) is 0. The SMILES string of the molecule is CCC1(C(C)C[C@@](C)(O)C[C@@H](C)O)OCCO1. The minimum atomic E-state index is -0.884. The fourth-order valence-corrected chi connectivity index (χ4v) is 2.84. The summed E-state index contributed by atoms with van der Waals surface area (Å²) in [6, 6.07) is 0. The number of hydrogen-bond acceptors (Lipinski definition) is 4. The summed E-state index contributed by atoms with van der Waals surface area (Å²) in [5, 5.41) is 19.6. The molecule has 102 valence electrons. The summed E-state index contributed by atoms with van der Waals surface area (Å²) in [6.45, 7) is 8.76. The molecule has 0 aromatic heterocycles. The van der Waals surface area contributed by atoms with Crippen LogP contribution in [0.25, 0.3) is 0 Å². The Morgan fingerprint density at radius 1 is 1.24 bits per heavy atom. The van der Waals surface area contributed by atoms with E-state index in [0.29, 0.717) is 26.1 Å². The van der Waals surface area contributed by atoms with Crippen LogP contribution in [-0.2, 0) is 9.47 Å². The molecule has 1 heterocycles. The van der Waals surface area contributed by atoms with Crippen molar-refractivity contribution in [2.24, 2.45) is 5.92 Å². The molecule has 0 aliphatic carbocycles. The van der Waals surface area contributed by atoms with Crippen LogP contribution in [0.3, 0.4) is 0 Å². The lowest BCUT2D eigenvalue weighted by molar-refractivity contribution is -0.204. The fraction of sp³-hybridized carbons (Fsp3) is 1.00. The Kier molecular flexibility index (Phi) is 4.95. The van der Waals surface area contributed by atoms with Crippen LogP contribution in [0.5, 0.6) is 0 Å². The third-order valence-electron chi connectivity index (χ3n) is 3.50. The predicted molar refractivity (Wildman–Crippen MR) is 65.6 cm³/mol. The number of aliphatic hydroxyl groups is 2. The molecule has 4 heteroatoms. The Balaban J connectivity index is 2.60. The summed E-state index contributed by atoms with van der Waals surface area (Å²) in [4.78, 5) is 0. The zero-order valence-electron chi connectivity index (χ0n) is 11.4. The van der Waals surface area contributed by atoms with Gasteiger partial charge in [-0.25, -0.2) is 0 Å². The van der Waals surface area contributed by atoms with Crippen LogP contribution < -0.4 is 0 Å². The average molecular weight is 246 g/mol. The third kappa shape index (κ3) is 3.91. The maximum atomic E-state index is 10.3. The molecule has 0 aromatic rings. The molecule has 1 unspecified atom stereocenters. The normalized spacial score (nSPS) is 26.5. The number of hydrogen-bond donors (Lipinski definition) is 2. The van der Waals surface area contributed by atoms with Gasteiger partial charge in [-0.3, -0.25) is 0 Å². The van der Waals surface area contributed by atoms with Crippen molar-refractivity contribution < 1.29 is 19.7 Å². The highest BCUT2D eigenvalue weighted by molar-refractivity contribution is 4.86. The van der Waals surface area contributed by atoms with E-state index in [9.17, 15) is 10.2 Å². The predicted octanol–water partition coefficient (Wildman–Crippen LogP) is 1.69. The molecule has 1 aliphatic rings. The molecular weight excluding hydrogens is 220 g/mol. The van der Waals surface area contributed by atoms with E-state index in [1.807, 2.05) is 13.8 Å². The van der Waals surface area contributed by atoms with Crippen molar-refractivity contribution in [3.8, 4) is 0 Å². The molecule has 2 N–H and O–H groups in total. The van der Waals surface area contributed by atoms with Gasteiger partial charge in [0.25, 0.3) is 0 Å². The Labute approximate surface area is 104 Å². The second kappa shape index (κ2) is 5.65. The Hall–Kier alpha value is -0.160. The topological polar surface area (TPSA) is 58.9 Å². The molecule has 0 saturated carbocycles. The van der Waals surface area contributed by atoms with Crippen molar-refractivity contribution in [1.82, 2.24) is 0 Å². The quantitative estimate of drug-likeness (QED) is 0.748. The molecule has 3 atom stereocenters. The molecule has 0 amide bonds. The minimum absolute atomic E-state index is 0.101. The lowest BCUT2D eigenvalue weighted by Crippen LogP contribution is -2.42. The van der Waals surface area contributed by atoms with Gasteiger partial charge in [-0.1, -0.05) is 13.8 Å². The molecular formula is C13H26O4. The van der Waals surface area contributed by atoms with Crippen LogP contribution in [-0.4, -0.2) is 40.9 Å². The first-order valence-electron chi connectivity index (χ1n) is 6.50. The number of ether oxygens (including phenoxy) is 2. The largest absolute Gasteiger partial charge is 0.393 e. The van der Waals surface area contributed by atoms with Crippen molar-refractivity contribution >= 4 is 0 Å². The summed E-state index contributed by atoms with van der Waals surface area (Å²) in [5.41, 5.74) is -0.884. The highest BCUT2D eigenvalue weighted by atomic mass is 16.7. The summed E-state index contributed by atoms with van der Waals surface area (Å²) < 4.78 is 11.4. The van der Waals surface area contributed by atoms with E-state index in [1.165, 1.54) is 0 Å². The second-order valence-corrected chi connectivity index (χ2v) is 5.52. The molecule has 1 aliphatic heterocycles. The van der Waals surface area contributed by atoms with Crippen LogP contribution in [0.2, 0.25) is 0 Å². The molecule has 1 fully saturated rings. The van der Waals surface area contributed by atoms with Gasteiger partial charge in [0.2, 0.25) is 0 Å². The van der Waals surface area contributed by atoms with E-state index in [1.54, 1.807) is 13.8 Å². The number of aliphatic hydroxyl groups excluding tert-OH is 1. The second-order valence-electron chi connectivity index (χ2n) is 5.52. The third-order valence-corrected chi connectivity index (χ3v) is 3.50. The molecule has 4 nitrogen and oxygen atoms in total. The first-order chi connectivity index (χ1) is 7.81. The average Bonchev–Trinajstić information content (AvgIpc) is 2.63. The van der Waals surface area contributed by atoms with Gasteiger partial charge in [0.05, 0.1) is 24.9 Å². The highest BCUT2D eigenvalue weighted by Gasteiger charge is 2.43. The summed E-state index contributed by atoms with van der Waals surface area (Å²) in [5.74, 6) is -0.452. The Morgan fingerprint density at radius 2 is 1.76 bits per heavy atom. The van der Waals surface area contributed by atoms with E-state index in [2.05, 4.69) is 0 Å². The van der Waals surface area contributed by atoms with Crippen molar-refractivity contribution in [2.45, 2.75) is 64.4 Å². The van der Waals surface area contributed by atoms with E-state index in [-0.39, 0.29) is 5.92 Å². The molecule has 17 heavy (non-hydrogen) atoms. The molecule has 1 rings (SSSR count). The van der Waals surface area contributed by atoms with Gasteiger partial charge in [-0.05, 0) is 26.7 Å². The monoisotopic (exact) mass is 246 g/mol. The zero-order chi connectivity index (χ0) is 13.1. The highest BCUT2D eigenvalue weighted by Crippen LogP contribution is 2.37. The van der Waals surface area contributed by atoms with Gasteiger partial charge in [0.15, 0.2) is 5.79 Å². The maximum absolute atomic E-state index is 10.3. The van der Waals surface area contributed by atoms with Gasteiger partial charge < -0.3 is 19.7 Å². The maximum Gasteiger partial charge on any atom is 0.170 e. The van der Waals surface area contributed by atoms with Gasteiger partial charge >= 0.3 is 0 Å². The molecule has 0 spiro atoms. The molecule has 0 radical (unpaired) electrons. The van der Waals surface area contributed by atoms with Crippen molar-refractivity contribution in [2.75, 3.05) is 13.2 Å². The number of rotatable bonds is 6. The van der Waals surface area contributed by atoms with Gasteiger partial charge in [-0.15, -0.1) is 0 Å². The van der Waals surface area contributed by atoms with Crippen LogP contribution in [0, 0.1) is 5.92 Å². The lowest BCUT2D eigenvalue weighted by atomic mass is 9.83. The van der Waals surface area contributed by atoms with Gasteiger partial charge in [0, 0.05) is 12.3 Å². The van der Waals surface area contributed by atoms with Crippen molar-refractivity contribution in [1.29, 1.82) is 0 Å². The smallest absolute Gasteiger partial charge is 0.170 e. The molecule has 1 saturated heterocycles. The first-order valence-corrected chi connectivity index (χ1v) is 6.50. The zero-order valence-corrected chi connectivity index (χ0v) is 11.4. The Morgan fingerprint density at radius 3 is 2.18 bits per heavy atom. The van der Waals surface area contributed by atoms with E-state index in [0.717, 1.165) is 6.42 Å².